The van der Waals surface area contributed by atoms with Crippen LogP contribution in [-0.4, -0.2) is 59.6 Å². The molecule has 0 radical (unpaired) electrons. The molecule has 1 fully saturated rings. The molecule has 0 atom stereocenters. The van der Waals surface area contributed by atoms with E-state index in [1.165, 1.54) is 51.7 Å². The van der Waals surface area contributed by atoms with Crippen LogP contribution >= 0.6 is 11.6 Å². The fourth-order valence-corrected chi connectivity index (χ4v) is 6.21. The first kappa shape index (κ1) is 30.0. The summed E-state index contributed by atoms with van der Waals surface area (Å²) >= 11 is 6.23. The van der Waals surface area contributed by atoms with Gasteiger partial charge in [0.25, 0.3) is 10.0 Å². The Kier molecular flexibility index (Phi) is 9.61. The number of halogens is 1. The Hall–Kier alpha value is -3.96. The van der Waals surface area contributed by atoms with Gasteiger partial charge in [0, 0.05) is 37.1 Å². The van der Waals surface area contributed by atoms with Crippen LogP contribution in [0.1, 0.15) is 24.0 Å². The second kappa shape index (κ2) is 13.1. The summed E-state index contributed by atoms with van der Waals surface area (Å²) in [5.74, 6) is 0.333. The summed E-state index contributed by atoms with van der Waals surface area (Å²) in [6.07, 6.45) is 1.37. The number of likely N-dealkylation sites (tertiary alicyclic amines) is 1. The lowest BCUT2D eigenvalue weighted by molar-refractivity contribution is -0.128. The van der Waals surface area contributed by atoms with E-state index >= 15 is 0 Å². The molecule has 218 valence electrons. The van der Waals surface area contributed by atoms with Crippen LogP contribution in [0.15, 0.2) is 65.6 Å². The second-order valence-corrected chi connectivity index (χ2v) is 11.6. The molecule has 3 aromatic carbocycles. The van der Waals surface area contributed by atoms with Crippen LogP contribution in [0.4, 0.5) is 5.69 Å². The van der Waals surface area contributed by atoms with Gasteiger partial charge in [0.1, 0.15) is 12.3 Å². The third kappa shape index (κ3) is 6.86. The van der Waals surface area contributed by atoms with E-state index in [0.29, 0.717) is 25.3 Å². The van der Waals surface area contributed by atoms with Crippen molar-refractivity contribution in [2.24, 2.45) is 0 Å². The molecule has 4 rings (SSSR count). The number of benzene rings is 3. The molecule has 12 heteroatoms. The standard InChI is InChI=1S/C29H32ClN3O7S/c1-38-25-12-10-22(30)15-24(25)33(41(36,37)23-11-13-26(39-2)27(16-23)40-3)19-28(34)31-17-20-7-4-5-8-21(20)18-32-14-6-9-29(32)35/h4-5,7-8,10-13,15-16H,6,9,14,17-19H2,1-3H3,(H,31,34). The Morgan fingerprint density at radius 2 is 1.63 bits per heavy atom. The smallest absolute Gasteiger partial charge is 0.265 e. The molecule has 0 unspecified atom stereocenters. The van der Waals surface area contributed by atoms with Crippen LogP contribution in [0.2, 0.25) is 5.02 Å². The van der Waals surface area contributed by atoms with Gasteiger partial charge in [0.2, 0.25) is 11.8 Å². The summed E-state index contributed by atoms with van der Waals surface area (Å²) in [5.41, 5.74) is 1.84. The SMILES string of the molecule is COc1ccc(S(=O)(=O)N(CC(=O)NCc2ccccc2CN2CCCC2=O)c2cc(Cl)ccc2OC)cc1OC. The Labute approximate surface area is 244 Å². The number of nitrogens with zero attached hydrogens (tertiary/aromatic N) is 2. The topological polar surface area (TPSA) is 114 Å². The van der Waals surface area contributed by atoms with E-state index in [4.69, 9.17) is 25.8 Å². The van der Waals surface area contributed by atoms with Gasteiger partial charge < -0.3 is 24.4 Å². The van der Waals surface area contributed by atoms with Crippen molar-refractivity contribution in [2.75, 3.05) is 38.7 Å². The molecule has 0 bridgehead atoms. The fraction of sp³-hybridized carbons (Fsp3) is 0.310. The summed E-state index contributed by atoms with van der Waals surface area (Å²) in [6.45, 7) is 0.739. The molecule has 3 aromatic rings. The minimum atomic E-state index is -4.31. The van der Waals surface area contributed by atoms with E-state index in [2.05, 4.69) is 5.32 Å². The molecule has 1 saturated heterocycles. The zero-order valence-corrected chi connectivity index (χ0v) is 24.6. The van der Waals surface area contributed by atoms with E-state index in [1.54, 1.807) is 11.0 Å². The van der Waals surface area contributed by atoms with E-state index < -0.39 is 22.5 Å². The number of amides is 2. The summed E-state index contributed by atoms with van der Waals surface area (Å²) in [7, 11) is -0.0712. The Bertz CT molecular complexity index is 1530. The van der Waals surface area contributed by atoms with Crippen LogP contribution in [-0.2, 0) is 32.7 Å². The number of hydrogen-bond donors (Lipinski definition) is 1. The average molecular weight is 602 g/mol. The first-order valence-electron chi connectivity index (χ1n) is 12.9. The van der Waals surface area contributed by atoms with E-state index in [-0.39, 0.29) is 39.6 Å². The Morgan fingerprint density at radius 1 is 0.951 bits per heavy atom. The average Bonchev–Trinajstić information content (AvgIpc) is 3.38. The van der Waals surface area contributed by atoms with Gasteiger partial charge in [-0.25, -0.2) is 8.42 Å². The number of ether oxygens (including phenoxy) is 3. The van der Waals surface area contributed by atoms with Gasteiger partial charge in [0.15, 0.2) is 11.5 Å². The van der Waals surface area contributed by atoms with E-state index in [0.717, 1.165) is 21.9 Å². The highest BCUT2D eigenvalue weighted by molar-refractivity contribution is 7.92. The Morgan fingerprint density at radius 3 is 2.29 bits per heavy atom. The molecule has 1 aliphatic rings. The maximum absolute atomic E-state index is 14.0. The summed E-state index contributed by atoms with van der Waals surface area (Å²) in [4.78, 5) is 27.1. The van der Waals surface area contributed by atoms with Gasteiger partial charge in [-0.3, -0.25) is 13.9 Å². The first-order chi connectivity index (χ1) is 19.7. The van der Waals surface area contributed by atoms with E-state index in [1.807, 2.05) is 24.3 Å². The number of methoxy groups -OCH3 is 3. The molecule has 0 aromatic heterocycles. The van der Waals surface area contributed by atoms with Gasteiger partial charge in [-0.1, -0.05) is 35.9 Å². The molecule has 0 aliphatic carbocycles. The van der Waals surface area contributed by atoms with Crippen molar-refractivity contribution >= 4 is 39.1 Å². The lowest BCUT2D eigenvalue weighted by Crippen LogP contribution is -2.41. The van der Waals surface area contributed by atoms with Gasteiger partial charge in [-0.05, 0) is 47.9 Å². The summed E-state index contributed by atoms with van der Waals surface area (Å²) in [5, 5.41) is 3.09. The molecule has 1 N–H and O–H groups in total. The molecule has 2 amide bonds. The number of carbonyl (C=O) groups is 2. The van der Waals surface area contributed by atoms with Gasteiger partial charge >= 0.3 is 0 Å². The number of nitrogens with one attached hydrogen (secondary N) is 1. The van der Waals surface area contributed by atoms with Crippen molar-refractivity contribution in [3.8, 4) is 17.2 Å². The van der Waals surface area contributed by atoms with Crippen molar-refractivity contribution in [3.05, 3.63) is 76.8 Å². The largest absolute Gasteiger partial charge is 0.495 e. The van der Waals surface area contributed by atoms with Crippen LogP contribution in [0.25, 0.3) is 0 Å². The molecule has 41 heavy (non-hydrogen) atoms. The normalized spacial score (nSPS) is 13.2. The van der Waals surface area contributed by atoms with Crippen molar-refractivity contribution in [1.29, 1.82) is 0 Å². The molecule has 1 heterocycles. The summed E-state index contributed by atoms with van der Waals surface area (Å²) in [6, 6.07) is 16.2. The third-order valence-corrected chi connectivity index (χ3v) is 8.76. The van der Waals surface area contributed by atoms with Crippen molar-refractivity contribution in [1.82, 2.24) is 10.2 Å². The monoisotopic (exact) mass is 601 g/mol. The lowest BCUT2D eigenvalue weighted by atomic mass is 10.1. The van der Waals surface area contributed by atoms with Gasteiger partial charge in [-0.15, -0.1) is 0 Å². The second-order valence-electron chi connectivity index (χ2n) is 9.31. The van der Waals surface area contributed by atoms with Crippen LogP contribution in [0, 0.1) is 0 Å². The highest BCUT2D eigenvalue weighted by Gasteiger charge is 2.31. The van der Waals surface area contributed by atoms with Crippen LogP contribution in [0.5, 0.6) is 17.2 Å². The number of carbonyl (C=O) groups excluding carboxylic acids is 2. The first-order valence-corrected chi connectivity index (χ1v) is 14.7. The Balaban J connectivity index is 1.62. The van der Waals surface area contributed by atoms with Crippen molar-refractivity contribution < 1.29 is 32.2 Å². The third-order valence-electron chi connectivity index (χ3n) is 6.77. The van der Waals surface area contributed by atoms with Crippen LogP contribution < -0.4 is 23.8 Å². The predicted molar refractivity (Wildman–Crippen MR) is 155 cm³/mol. The number of hydrogen-bond acceptors (Lipinski definition) is 7. The summed E-state index contributed by atoms with van der Waals surface area (Å²) < 4.78 is 44.9. The molecular weight excluding hydrogens is 570 g/mol. The van der Waals surface area contributed by atoms with Crippen molar-refractivity contribution in [2.45, 2.75) is 30.8 Å². The highest BCUT2D eigenvalue weighted by Crippen LogP contribution is 2.37. The zero-order chi connectivity index (χ0) is 29.6. The van der Waals surface area contributed by atoms with Crippen molar-refractivity contribution in [3.63, 3.8) is 0 Å². The predicted octanol–water partition coefficient (Wildman–Crippen LogP) is 4.00. The molecule has 0 saturated carbocycles. The van der Waals surface area contributed by atoms with Crippen LogP contribution in [0.3, 0.4) is 0 Å². The number of sulfonamides is 1. The quantitative estimate of drug-likeness (QED) is 0.334. The number of rotatable bonds is 12. The number of anilines is 1. The maximum Gasteiger partial charge on any atom is 0.265 e. The minimum Gasteiger partial charge on any atom is -0.495 e. The van der Waals surface area contributed by atoms with Gasteiger partial charge in [-0.2, -0.15) is 0 Å². The van der Waals surface area contributed by atoms with E-state index in [9.17, 15) is 18.0 Å². The maximum atomic E-state index is 14.0. The molecule has 10 nitrogen and oxygen atoms in total. The van der Waals surface area contributed by atoms with Gasteiger partial charge in [0.05, 0.1) is 31.9 Å². The molecular formula is C29H32ClN3O7S. The highest BCUT2D eigenvalue weighted by atomic mass is 35.5. The fourth-order valence-electron chi connectivity index (χ4n) is 4.60. The lowest BCUT2D eigenvalue weighted by Gasteiger charge is -2.26. The zero-order valence-electron chi connectivity index (χ0n) is 23.1. The molecule has 0 spiro atoms. The molecule has 1 aliphatic heterocycles. The minimum absolute atomic E-state index is 0.0953.